The van der Waals surface area contributed by atoms with E-state index in [2.05, 4.69) is 12.2 Å². The molecule has 1 saturated heterocycles. The number of carbonyl (C=O) groups is 1. The summed E-state index contributed by atoms with van der Waals surface area (Å²) in [6, 6.07) is 0. The first kappa shape index (κ1) is 14.8. The lowest BCUT2D eigenvalue weighted by Gasteiger charge is -2.30. The molecule has 2 rings (SSSR count). The van der Waals surface area contributed by atoms with Gasteiger partial charge in [0, 0.05) is 19.6 Å². The molecule has 1 atom stereocenters. The SMILES string of the molecule is CCC(OC1CCCCC1)C(=O)N1CCCNCC1. The first-order chi connectivity index (χ1) is 9.31. The van der Waals surface area contributed by atoms with Gasteiger partial charge in [-0.2, -0.15) is 0 Å². The molecule has 0 spiro atoms. The van der Waals surface area contributed by atoms with Crippen LogP contribution in [0.2, 0.25) is 0 Å². The lowest BCUT2D eigenvalue weighted by Crippen LogP contribution is -2.43. The molecule has 2 aliphatic rings. The third-order valence-electron chi connectivity index (χ3n) is 4.21. The predicted octanol–water partition coefficient (Wildman–Crippen LogP) is 1.94. The first-order valence-electron chi connectivity index (χ1n) is 7.96. The van der Waals surface area contributed by atoms with Crippen LogP contribution in [0.5, 0.6) is 0 Å². The van der Waals surface area contributed by atoms with Crippen molar-refractivity contribution in [3.05, 3.63) is 0 Å². The summed E-state index contributed by atoms with van der Waals surface area (Å²) in [6.45, 7) is 5.68. The quantitative estimate of drug-likeness (QED) is 0.847. The third-order valence-corrected chi connectivity index (χ3v) is 4.21. The summed E-state index contributed by atoms with van der Waals surface area (Å²) in [5, 5.41) is 3.34. The maximum absolute atomic E-state index is 12.5. The molecule has 1 amide bonds. The number of nitrogens with zero attached hydrogens (tertiary/aromatic N) is 1. The van der Waals surface area contributed by atoms with E-state index in [9.17, 15) is 4.79 Å². The van der Waals surface area contributed by atoms with Crippen LogP contribution in [-0.4, -0.2) is 49.2 Å². The Balaban J connectivity index is 1.85. The Morgan fingerprint density at radius 1 is 1.21 bits per heavy atom. The van der Waals surface area contributed by atoms with Crippen LogP contribution in [0.15, 0.2) is 0 Å². The average molecular weight is 268 g/mol. The second-order valence-corrected chi connectivity index (χ2v) is 5.72. The Labute approximate surface area is 116 Å². The van der Waals surface area contributed by atoms with Gasteiger partial charge >= 0.3 is 0 Å². The first-order valence-corrected chi connectivity index (χ1v) is 7.96. The molecule has 0 aromatic rings. The van der Waals surface area contributed by atoms with Gasteiger partial charge in [-0.3, -0.25) is 4.79 Å². The number of nitrogens with one attached hydrogen (secondary N) is 1. The second-order valence-electron chi connectivity index (χ2n) is 5.72. The molecule has 1 unspecified atom stereocenters. The maximum Gasteiger partial charge on any atom is 0.251 e. The minimum atomic E-state index is -0.221. The van der Waals surface area contributed by atoms with Gasteiger partial charge in [-0.05, 0) is 32.2 Å². The molecular formula is C15H28N2O2. The number of ether oxygens (including phenoxy) is 1. The van der Waals surface area contributed by atoms with Crippen molar-refractivity contribution >= 4 is 5.91 Å². The minimum Gasteiger partial charge on any atom is -0.365 e. The van der Waals surface area contributed by atoms with Gasteiger partial charge in [0.2, 0.25) is 0 Å². The number of rotatable bonds is 4. The van der Waals surface area contributed by atoms with Crippen LogP contribution >= 0.6 is 0 Å². The molecule has 4 nitrogen and oxygen atoms in total. The average Bonchev–Trinajstić information content (AvgIpc) is 2.74. The van der Waals surface area contributed by atoms with Crippen LogP contribution in [0.4, 0.5) is 0 Å². The summed E-state index contributed by atoms with van der Waals surface area (Å²) >= 11 is 0. The highest BCUT2D eigenvalue weighted by Crippen LogP contribution is 2.22. The van der Waals surface area contributed by atoms with Crippen molar-refractivity contribution in [1.29, 1.82) is 0 Å². The van der Waals surface area contributed by atoms with Crippen molar-refractivity contribution in [3.63, 3.8) is 0 Å². The van der Waals surface area contributed by atoms with Crippen LogP contribution in [0.1, 0.15) is 51.9 Å². The third kappa shape index (κ3) is 4.46. The zero-order chi connectivity index (χ0) is 13.5. The van der Waals surface area contributed by atoms with E-state index in [0.29, 0.717) is 6.10 Å². The maximum atomic E-state index is 12.5. The zero-order valence-corrected chi connectivity index (χ0v) is 12.2. The van der Waals surface area contributed by atoms with Gasteiger partial charge in [0.15, 0.2) is 0 Å². The normalized spacial score (nSPS) is 23.9. The van der Waals surface area contributed by atoms with Gasteiger partial charge in [-0.1, -0.05) is 26.2 Å². The van der Waals surface area contributed by atoms with Crippen LogP contribution in [0.25, 0.3) is 0 Å². The molecule has 0 aromatic carbocycles. The standard InChI is InChI=1S/C15H28N2O2/c1-2-14(19-13-7-4-3-5-8-13)15(18)17-11-6-9-16-10-12-17/h13-14,16H,2-12H2,1H3. The lowest BCUT2D eigenvalue weighted by atomic mass is 9.97. The van der Waals surface area contributed by atoms with Crippen LogP contribution in [-0.2, 0) is 9.53 Å². The molecule has 0 bridgehead atoms. The molecule has 4 heteroatoms. The van der Waals surface area contributed by atoms with Crippen molar-refractivity contribution in [3.8, 4) is 0 Å². The molecule has 1 heterocycles. The Bertz CT molecular complexity index is 269. The molecule has 1 N–H and O–H groups in total. The molecule has 1 saturated carbocycles. The van der Waals surface area contributed by atoms with Crippen molar-refractivity contribution in [2.24, 2.45) is 0 Å². The van der Waals surface area contributed by atoms with E-state index in [-0.39, 0.29) is 12.0 Å². The topological polar surface area (TPSA) is 41.6 Å². The smallest absolute Gasteiger partial charge is 0.251 e. The van der Waals surface area contributed by atoms with Crippen LogP contribution < -0.4 is 5.32 Å². The van der Waals surface area contributed by atoms with E-state index in [0.717, 1.165) is 51.9 Å². The van der Waals surface area contributed by atoms with Crippen molar-refractivity contribution in [1.82, 2.24) is 10.2 Å². The summed E-state index contributed by atoms with van der Waals surface area (Å²) < 4.78 is 6.08. The number of amides is 1. The summed E-state index contributed by atoms with van der Waals surface area (Å²) in [6.07, 6.45) is 8.02. The number of carbonyl (C=O) groups excluding carboxylic acids is 1. The second kappa shape index (κ2) is 7.85. The van der Waals surface area contributed by atoms with E-state index in [1.165, 1.54) is 19.3 Å². The Morgan fingerprint density at radius 2 is 2.00 bits per heavy atom. The summed E-state index contributed by atoms with van der Waals surface area (Å²) in [5.41, 5.74) is 0. The molecule has 110 valence electrons. The van der Waals surface area contributed by atoms with Gasteiger partial charge in [0.25, 0.3) is 5.91 Å². The summed E-state index contributed by atoms with van der Waals surface area (Å²) in [5.74, 6) is 0.205. The van der Waals surface area contributed by atoms with Crippen LogP contribution in [0.3, 0.4) is 0 Å². The van der Waals surface area contributed by atoms with E-state index in [1.54, 1.807) is 0 Å². The van der Waals surface area contributed by atoms with Gasteiger partial charge in [-0.15, -0.1) is 0 Å². The lowest BCUT2D eigenvalue weighted by molar-refractivity contribution is -0.149. The zero-order valence-electron chi connectivity index (χ0n) is 12.2. The van der Waals surface area contributed by atoms with Gasteiger partial charge in [-0.25, -0.2) is 0 Å². The van der Waals surface area contributed by atoms with Gasteiger partial charge in [0.1, 0.15) is 6.10 Å². The number of hydrogen-bond acceptors (Lipinski definition) is 3. The molecular weight excluding hydrogens is 240 g/mol. The fourth-order valence-electron chi connectivity index (χ4n) is 3.03. The molecule has 2 fully saturated rings. The monoisotopic (exact) mass is 268 g/mol. The fraction of sp³-hybridized carbons (Fsp3) is 0.933. The molecule has 0 aromatic heterocycles. The largest absolute Gasteiger partial charge is 0.365 e. The highest BCUT2D eigenvalue weighted by molar-refractivity contribution is 5.81. The summed E-state index contributed by atoms with van der Waals surface area (Å²) in [4.78, 5) is 14.5. The van der Waals surface area contributed by atoms with Crippen molar-refractivity contribution in [2.45, 2.75) is 64.1 Å². The van der Waals surface area contributed by atoms with Crippen LogP contribution in [0, 0.1) is 0 Å². The highest BCUT2D eigenvalue weighted by Gasteiger charge is 2.27. The summed E-state index contributed by atoms with van der Waals surface area (Å²) in [7, 11) is 0. The predicted molar refractivity (Wildman–Crippen MR) is 76.1 cm³/mol. The number of hydrogen-bond donors (Lipinski definition) is 1. The van der Waals surface area contributed by atoms with E-state index in [4.69, 9.17) is 4.74 Å². The van der Waals surface area contributed by atoms with Crippen molar-refractivity contribution in [2.75, 3.05) is 26.2 Å². The molecule has 1 aliphatic carbocycles. The van der Waals surface area contributed by atoms with E-state index < -0.39 is 0 Å². The molecule has 0 radical (unpaired) electrons. The fourth-order valence-corrected chi connectivity index (χ4v) is 3.03. The van der Waals surface area contributed by atoms with Crippen molar-refractivity contribution < 1.29 is 9.53 Å². The van der Waals surface area contributed by atoms with Gasteiger partial charge in [0.05, 0.1) is 6.10 Å². The van der Waals surface area contributed by atoms with E-state index in [1.807, 2.05) is 4.90 Å². The minimum absolute atomic E-state index is 0.205. The van der Waals surface area contributed by atoms with E-state index >= 15 is 0 Å². The highest BCUT2D eigenvalue weighted by atomic mass is 16.5. The Hall–Kier alpha value is -0.610. The molecule has 1 aliphatic heterocycles. The Kier molecular flexibility index (Phi) is 6.11. The molecule has 19 heavy (non-hydrogen) atoms. The Morgan fingerprint density at radius 3 is 2.74 bits per heavy atom. The van der Waals surface area contributed by atoms with Gasteiger partial charge < -0.3 is 15.0 Å².